The minimum atomic E-state index is -0.545. The zero-order valence-electron chi connectivity index (χ0n) is 14.7. The molecule has 0 saturated heterocycles. The van der Waals surface area contributed by atoms with Gasteiger partial charge in [0, 0.05) is 17.7 Å². The number of carbonyl (C=O) groups excluding carboxylic acids is 1. The molecule has 0 unspecified atom stereocenters. The Morgan fingerprint density at radius 2 is 1.93 bits per heavy atom. The number of nitro groups is 1. The van der Waals surface area contributed by atoms with Gasteiger partial charge in [0.2, 0.25) is 0 Å². The number of hydrogen-bond acceptors (Lipinski definition) is 9. The number of nitro benzene ring substituents is 1. The van der Waals surface area contributed by atoms with Crippen LogP contribution in [0.15, 0.2) is 58.2 Å². The van der Waals surface area contributed by atoms with Crippen LogP contribution in [0, 0.1) is 10.1 Å². The number of aromatic nitrogens is 2. The summed E-state index contributed by atoms with van der Waals surface area (Å²) in [5.74, 6) is 1.35. The Balaban J connectivity index is 1.52. The molecule has 0 bridgehead atoms. The van der Waals surface area contributed by atoms with Gasteiger partial charge < -0.3 is 13.9 Å². The van der Waals surface area contributed by atoms with Crippen LogP contribution in [0.2, 0.25) is 0 Å². The van der Waals surface area contributed by atoms with E-state index in [2.05, 4.69) is 10.2 Å². The van der Waals surface area contributed by atoms with Gasteiger partial charge in [0.1, 0.15) is 11.5 Å². The lowest BCUT2D eigenvalue weighted by Gasteiger charge is -2.04. The van der Waals surface area contributed by atoms with Gasteiger partial charge in [-0.1, -0.05) is 23.9 Å². The third-order valence-corrected chi connectivity index (χ3v) is 4.39. The normalized spacial score (nSPS) is 10.5. The van der Waals surface area contributed by atoms with E-state index in [0.717, 1.165) is 17.5 Å². The van der Waals surface area contributed by atoms with Crippen LogP contribution in [0.25, 0.3) is 0 Å². The molecule has 0 amide bonds. The van der Waals surface area contributed by atoms with E-state index in [1.54, 1.807) is 31.4 Å². The van der Waals surface area contributed by atoms with Crippen molar-refractivity contribution in [3.63, 3.8) is 0 Å². The van der Waals surface area contributed by atoms with Crippen LogP contribution >= 0.6 is 11.8 Å². The highest BCUT2D eigenvalue weighted by Gasteiger charge is 2.14. The SMILES string of the molecule is COc1ccc(OCc2nnc(SCC(=O)c3cccc([N+](=O)[O-])c3)o2)cc1. The summed E-state index contributed by atoms with van der Waals surface area (Å²) in [5, 5.41) is 18.7. The van der Waals surface area contributed by atoms with Crippen LogP contribution < -0.4 is 9.47 Å². The average Bonchev–Trinajstić information content (AvgIpc) is 3.19. The molecule has 1 heterocycles. The number of hydrogen-bond donors (Lipinski definition) is 0. The lowest BCUT2D eigenvalue weighted by molar-refractivity contribution is -0.384. The number of non-ortho nitro benzene ring substituents is 1. The lowest BCUT2D eigenvalue weighted by atomic mass is 10.1. The molecule has 2 aromatic carbocycles. The summed E-state index contributed by atoms with van der Waals surface area (Å²) >= 11 is 1.05. The van der Waals surface area contributed by atoms with Crippen molar-refractivity contribution >= 4 is 23.2 Å². The smallest absolute Gasteiger partial charge is 0.277 e. The summed E-state index contributed by atoms with van der Waals surface area (Å²) in [6.07, 6.45) is 0. The minimum absolute atomic E-state index is 0.0160. The number of methoxy groups -OCH3 is 1. The second-order valence-corrected chi connectivity index (χ2v) is 6.37. The fraction of sp³-hybridized carbons (Fsp3) is 0.167. The second kappa shape index (κ2) is 9.00. The Labute approximate surface area is 163 Å². The molecule has 144 valence electrons. The van der Waals surface area contributed by atoms with Crippen LogP contribution in [0.5, 0.6) is 11.5 Å². The van der Waals surface area contributed by atoms with Gasteiger partial charge in [0.15, 0.2) is 12.4 Å². The molecule has 0 aliphatic carbocycles. The number of ketones is 1. The van der Waals surface area contributed by atoms with Crippen molar-refractivity contribution in [3.05, 3.63) is 70.1 Å². The van der Waals surface area contributed by atoms with Gasteiger partial charge in [-0.15, -0.1) is 10.2 Å². The van der Waals surface area contributed by atoms with Crippen molar-refractivity contribution in [1.29, 1.82) is 0 Å². The fourth-order valence-electron chi connectivity index (χ4n) is 2.18. The van der Waals surface area contributed by atoms with Gasteiger partial charge in [-0.3, -0.25) is 14.9 Å². The summed E-state index contributed by atoms with van der Waals surface area (Å²) in [7, 11) is 1.58. The van der Waals surface area contributed by atoms with Gasteiger partial charge >= 0.3 is 0 Å². The van der Waals surface area contributed by atoms with E-state index >= 15 is 0 Å². The number of ether oxygens (including phenoxy) is 2. The molecular weight excluding hydrogens is 386 g/mol. The molecule has 1 aromatic heterocycles. The summed E-state index contributed by atoms with van der Waals surface area (Å²) in [6, 6.07) is 12.6. The monoisotopic (exact) mass is 401 g/mol. The molecule has 3 aromatic rings. The molecule has 10 heteroatoms. The molecule has 0 aliphatic heterocycles. The van der Waals surface area contributed by atoms with Crippen LogP contribution in [0.3, 0.4) is 0 Å². The van der Waals surface area contributed by atoms with E-state index in [9.17, 15) is 14.9 Å². The maximum absolute atomic E-state index is 12.2. The highest BCUT2D eigenvalue weighted by Crippen LogP contribution is 2.21. The molecule has 0 N–H and O–H groups in total. The standard InChI is InChI=1S/C18H15N3O6S/c1-25-14-5-7-15(8-6-14)26-10-17-19-20-18(27-17)28-11-16(22)12-3-2-4-13(9-12)21(23)24/h2-9H,10-11H2,1H3. The van der Waals surface area contributed by atoms with Crippen LogP contribution in [0.1, 0.15) is 16.2 Å². The molecule has 3 rings (SSSR count). The zero-order valence-corrected chi connectivity index (χ0v) is 15.5. The Morgan fingerprint density at radius 1 is 1.18 bits per heavy atom. The first kappa shape index (κ1) is 19.4. The molecule has 0 spiro atoms. The predicted octanol–water partition coefficient (Wildman–Crippen LogP) is 3.54. The largest absolute Gasteiger partial charge is 0.497 e. The number of Topliss-reactive ketones (excluding diaryl/α,β-unsaturated/α-hetero) is 1. The van der Waals surface area contributed by atoms with Crippen molar-refractivity contribution < 1.29 is 23.6 Å². The molecule has 0 aliphatic rings. The minimum Gasteiger partial charge on any atom is -0.497 e. The molecule has 0 fully saturated rings. The van der Waals surface area contributed by atoms with Gasteiger partial charge in [0.05, 0.1) is 17.8 Å². The number of benzene rings is 2. The van der Waals surface area contributed by atoms with Gasteiger partial charge in [-0.25, -0.2) is 0 Å². The van der Waals surface area contributed by atoms with Crippen molar-refractivity contribution in [1.82, 2.24) is 10.2 Å². The van der Waals surface area contributed by atoms with Crippen molar-refractivity contribution in [3.8, 4) is 11.5 Å². The Morgan fingerprint density at radius 3 is 2.64 bits per heavy atom. The van der Waals surface area contributed by atoms with Crippen molar-refractivity contribution in [2.45, 2.75) is 11.8 Å². The summed E-state index contributed by atoms with van der Waals surface area (Å²) < 4.78 is 16.0. The van der Waals surface area contributed by atoms with E-state index in [1.807, 2.05) is 0 Å². The van der Waals surface area contributed by atoms with Crippen LogP contribution in [0.4, 0.5) is 5.69 Å². The number of rotatable bonds is 9. The Kier molecular flexibility index (Phi) is 6.22. The summed E-state index contributed by atoms with van der Waals surface area (Å²) in [6.45, 7) is 0.0821. The quantitative estimate of drug-likeness (QED) is 0.229. The van der Waals surface area contributed by atoms with E-state index < -0.39 is 4.92 Å². The topological polar surface area (TPSA) is 118 Å². The number of nitrogens with zero attached hydrogens (tertiary/aromatic N) is 3. The lowest BCUT2D eigenvalue weighted by Crippen LogP contribution is -2.03. The second-order valence-electron chi connectivity index (χ2n) is 5.45. The zero-order chi connectivity index (χ0) is 19.9. The number of thioether (sulfide) groups is 1. The van der Waals surface area contributed by atoms with E-state index in [4.69, 9.17) is 13.9 Å². The molecule has 0 radical (unpaired) electrons. The van der Waals surface area contributed by atoms with Gasteiger partial charge in [-0.2, -0.15) is 0 Å². The highest BCUT2D eigenvalue weighted by molar-refractivity contribution is 7.99. The first-order chi connectivity index (χ1) is 13.5. The maximum Gasteiger partial charge on any atom is 0.277 e. The third-order valence-electron chi connectivity index (χ3n) is 3.58. The highest BCUT2D eigenvalue weighted by atomic mass is 32.2. The van der Waals surface area contributed by atoms with Crippen molar-refractivity contribution in [2.75, 3.05) is 12.9 Å². The Bertz CT molecular complexity index is 973. The fourth-order valence-corrected chi connectivity index (χ4v) is 2.85. The van der Waals surface area contributed by atoms with E-state index in [1.165, 1.54) is 24.3 Å². The maximum atomic E-state index is 12.2. The van der Waals surface area contributed by atoms with E-state index in [-0.39, 0.29) is 40.5 Å². The van der Waals surface area contributed by atoms with E-state index in [0.29, 0.717) is 5.75 Å². The average molecular weight is 401 g/mol. The van der Waals surface area contributed by atoms with Crippen LogP contribution in [-0.2, 0) is 6.61 Å². The molecule has 9 nitrogen and oxygen atoms in total. The first-order valence-electron chi connectivity index (χ1n) is 8.05. The molecular formula is C18H15N3O6S. The van der Waals surface area contributed by atoms with Crippen molar-refractivity contribution in [2.24, 2.45) is 0 Å². The summed E-state index contributed by atoms with van der Waals surface area (Å²) in [4.78, 5) is 22.4. The Hall–Kier alpha value is -3.40. The molecule has 0 saturated carbocycles. The summed E-state index contributed by atoms with van der Waals surface area (Å²) in [5.41, 5.74) is 0.121. The molecule has 0 atom stereocenters. The predicted molar refractivity (Wildman–Crippen MR) is 99.8 cm³/mol. The van der Waals surface area contributed by atoms with Crippen LogP contribution in [-0.4, -0.2) is 33.8 Å². The first-order valence-corrected chi connectivity index (χ1v) is 9.03. The van der Waals surface area contributed by atoms with Gasteiger partial charge in [0.25, 0.3) is 16.8 Å². The van der Waals surface area contributed by atoms with Gasteiger partial charge in [-0.05, 0) is 24.3 Å². The third kappa shape index (κ3) is 5.07. The molecule has 28 heavy (non-hydrogen) atoms. The number of carbonyl (C=O) groups is 1.